The summed E-state index contributed by atoms with van der Waals surface area (Å²) in [6, 6.07) is 11.2. The normalized spacial score (nSPS) is 16.4. The van der Waals surface area contributed by atoms with Gasteiger partial charge in [0, 0.05) is 34.3 Å². The molecule has 1 fully saturated rings. The van der Waals surface area contributed by atoms with E-state index in [0.29, 0.717) is 23.2 Å². The number of fused-ring (bicyclic) bond motifs is 1. The fourth-order valence-corrected chi connectivity index (χ4v) is 4.83. The van der Waals surface area contributed by atoms with E-state index >= 15 is 0 Å². The molecule has 1 aliphatic heterocycles. The molecule has 1 heterocycles. The molecule has 4 rings (SSSR count). The van der Waals surface area contributed by atoms with Gasteiger partial charge in [0.1, 0.15) is 0 Å². The minimum atomic E-state index is -0.198. The van der Waals surface area contributed by atoms with Crippen LogP contribution in [-0.2, 0) is 6.42 Å². The Bertz CT molecular complexity index is 921. The number of Topliss-reactive ketones (excluding diaryl/α,β-unsaturated/α-hetero) is 1. The van der Waals surface area contributed by atoms with Crippen molar-refractivity contribution in [3.05, 3.63) is 57.6 Å². The number of hydrogen-bond donors (Lipinski definition) is 2. The summed E-state index contributed by atoms with van der Waals surface area (Å²) in [5.74, 6) is -0.110. The van der Waals surface area contributed by atoms with Crippen LogP contribution in [0.1, 0.15) is 58.4 Å². The lowest BCUT2D eigenvalue weighted by Crippen LogP contribution is -2.31. The molecule has 0 spiro atoms. The van der Waals surface area contributed by atoms with Gasteiger partial charge in [-0.3, -0.25) is 9.59 Å². The number of ketones is 1. The molecule has 1 aliphatic carbocycles. The smallest absolute Gasteiger partial charge is 0.255 e. The number of carbonyl (C=O) groups is 2. The van der Waals surface area contributed by atoms with Gasteiger partial charge in [0.25, 0.3) is 5.91 Å². The topological polar surface area (TPSA) is 61.4 Å². The summed E-state index contributed by atoms with van der Waals surface area (Å²) in [5, 5.41) is 6.36. The van der Waals surface area contributed by atoms with Crippen LogP contribution < -0.4 is 10.6 Å². The highest BCUT2D eigenvalue weighted by atomic mass is 79.9. The van der Waals surface area contributed by atoms with Crippen molar-refractivity contribution in [3.63, 3.8) is 0 Å². The van der Waals surface area contributed by atoms with Crippen LogP contribution in [0.3, 0.4) is 0 Å². The second kappa shape index (κ2) is 9.75. The molecule has 0 radical (unpaired) electrons. The second-order valence-electron chi connectivity index (χ2n) is 8.09. The van der Waals surface area contributed by atoms with Gasteiger partial charge >= 0.3 is 0 Å². The molecule has 0 unspecified atom stereocenters. The SMILES string of the molecule is O=C(Nc1ccc(Br)c2c1C(=O)CC2)c1ccc(NCCCN2CCCCC2)cc1. The monoisotopic (exact) mass is 469 g/mol. The van der Waals surface area contributed by atoms with Gasteiger partial charge in [-0.05, 0) is 87.3 Å². The van der Waals surface area contributed by atoms with Crippen molar-refractivity contribution in [2.24, 2.45) is 0 Å². The lowest BCUT2D eigenvalue weighted by atomic mass is 10.1. The standard InChI is InChI=1S/C24H28BrN3O2/c25-20-10-11-21(23-19(20)9-12-22(23)29)27-24(30)17-5-7-18(8-6-17)26-13-4-16-28-14-2-1-3-15-28/h5-8,10-11,26H,1-4,9,12-16H2,(H,27,30). The first kappa shape index (κ1) is 21.1. The van der Waals surface area contributed by atoms with E-state index in [9.17, 15) is 9.59 Å². The van der Waals surface area contributed by atoms with Crippen molar-refractivity contribution in [1.29, 1.82) is 0 Å². The maximum atomic E-state index is 12.7. The summed E-state index contributed by atoms with van der Waals surface area (Å²) in [6.45, 7) is 4.53. The number of amides is 1. The Hall–Kier alpha value is -2.18. The number of likely N-dealkylation sites (tertiary alicyclic amines) is 1. The van der Waals surface area contributed by atoms with Crippen molar-refractivity contribution in [3.8, 4) is 0 Å². The third kappa shape index (κ3) is 4.93. The molecule has 158 valence electrons. The Morgan fingerprint density at radius 1 is 1.00 bits per heavy atom. The van der Waals surface area contributed by atoms with E-state index in [4.69, 9.17) is 0 Å². The van der Waals surface area contributed by atoms with Gasteiger partial charge in [-0.15, -0.1) is 0 Å². The predicted octanol–water partition coefficient (Wildman–Crippen LogP) is 5.12. The quantitative estimate of drug-likeness (QED) is 0.552. The number of piperidine rings is 1. The Morgan fingerprint density at radius 2 is 1.77 bits per heavy atom. The van der Waals surface area contributed by atoms with Crippen LogP contribution in [-0.4, -0.2) is 42.8 Å². The third-order valence-corrected chi connectivity index (χ3v) is 6.70. The van der Waals surface area contributed by atoms with E-state index in [1.807, 2.05) is 30.3 Å². The summed E-state index contributed by atoms with van der Waals surface area (Å²) < 4.78 is 0.928. The molecular formula is C24H28BrN3O2. The summed E-state index contributed by atoms with van der Waals surface area (Å²) >= 11 is 3.50. The van der Waals surface area contributed by atoms with Crippen LogP contribution in [0.25, 0.3) is 0 Å². The van der Waals surface area contributed by atoms with Crippen molar-refractivity contribution >= 4 is 39.0 Å². The van der Waals surface area contributed by atoms with E-state index < -0.39 is 0 Å². The average molecular weight is 470 g/mol. The van der Waals surface area contributed by atoms with Gasteiger partial charge in [-0.2, -0.15) is 0 Å². The summed E-state index contributed by atoms with van der Waals surface area (Å²) in [7, 11) is 0. The molecule has 2 aromatic rings. The minimum absolute atomic E-state index is 0.0886. The molecule has 6 heteroatoms. The zero-order chi connectivity index (χ0) is 20.9. The van der Waals surface area contributed by atoms with E-state index in [1.54, 1.807) is 6.07 Å². The summed E-state index contributed by atoms with van der Waals surface area (Å²) in [5.41, 5.74) is 3.83. The van der Waals surface area contributed by atoms with Crippen molar-refractivity contribution in [2.75, 3.05) is 36.8 Å². The molecule has 5 nitrogen and oxygen atoms in total. The zero-order valence-corrected chi connectivity index (χ0v) is 18.8. The molecule has 1 saturated heterocycles. The van der Waals surface area contributed by atoms with Gasteiger partial charge in [-0.25, -0.2) is 0 Å². The number of carbonyl (C=O) groups excluding carboxylic acids is 2. The molecule has 2 aromatic carbocycles. The average Bonchev–Trinajstić information content (AvgIpc) is 3.17. The van der Waals surface area contributed by atoms with Gasteiger partial charge in [0.05, 0.1) is 5.69 Å². The molecule has 2 N–H and O–H groups in total. The first-order valence-corrected chi connectivity index (χ1v) is 11.6. The zero-order valence-electron chi connectivity index (χ0n) is 17.2. The molecule has 2 aliphatic rings. The van der Waals surface area contributed by atoms with E-state index in [1.165, 1.54) is 32.4 Å². The van der Waals surface area contributed by atoms with E-state index in [2.05, 4.69) is 31.5 Å². The van der Waals surface area contributed by atoms with Crippen molar-refractivity contribution < 1.29 is 9.59 Å². The maximum Gasteiger partial charge on any atom is 0.255 e. The second-order valence-corrected chi connectivity index (χ2v) is 8.94. The molecule has 30 heavy (non-hydrogen) atoms. The molecule has 0 aromatic heterocycles. The summed E-state index contributed by atoms with van der Waals surface area (Å²) in [6.07, 6.45) is 6.36. The maximum absolute atomic E-state index is 12.7. The number of hydrogen-bond acceptors (Lipinski definition) is 4. The summed E-state index contributed by atoms with van der Waals surface area (Å²) in [4.78, 5) is 27.5. The number of benzene rings is 2. The largest absolute Gasteiger partial charge is 0.385 e. The highest BCUT2D eigenvalue weighted by Crippen LogP contribution is 2.34. The molecular weight excluding hydrogens is 442 g/mol. The van der Waals surface area contributed by atoms with Gasteiger partial charge in [0.15, 0.2) is 5.78 Å². The van der Waals surface area contributed by atoms with Crippen LogP contribution in [0.5, 0.6) is 0 Å². The first-order valence-electron chi connectivity index (χ1n) is 10.8. The lowest BCUT2D eigenvalue weighted by molar-refractivity contribution is 0.0995. The molecule has 0 saturated carbocycles. The Morgan fingerprint density at radius 3 is 2.53 bits per heavy atom. The number of nitrogens with zero attached hydrogens (tertiary/aromatic N) is 1. The first-order chi connectivity index (χ1) is 14.6. The minimum Gasteiger partial charge on any atom is -0.385 e. The Labute approximate surface area is 186 Å². The van der Waals surface area contributed by atoms with Gasteiger partial charge < -0.3 is 15.5 Å². The fraction of sp³-hybridized carbons (Fsp3) is 0.417. The molecule has 0 atom stereocenters. The van der Waals surface area contributed by atoms with E-state index in [0.717, 1.165) is 41.7 Å². The van der Waals surface area contributed by atoms with Gasteiger partial charge in [-0.1, -0.05) is 22.4 Å². The predicted molar refractivity (Wildman–Crippen MR) is 125 cm³/mol. The van der Waals surface area contributed by atoms with Crippen LogP contribution in [0.2, 0.25) is 0 Å². The Balaban J connectivity index is 1.30. The van der Waals surface area contributed by atoms with Crippen molar-refractivity contribution in [2.45, 2.75) is 38.5 Å². The fourth-order valence-electron chi connectivity index (χ4n) is 4.31. The van der Waals surface area contributed by atoms with Crippen LogP contribution in [0, 0.1) is 0 Å². The van der Waals surface area contributed by atoms with Crippen molar-refractivity contribution in [1.82, 2.24) is 4.90 Å². The number of nitrogens with one attached hydrogen (secondary N) is 2. The molecule has 1 amide bonds. The Kier molecular flexibility index (Phi) is 6.85. The number of anilines is 2. The number of halogens is 1. The van der Waals surface area contributed by atoms with E-state index in [-0.39, 0.29) is 11.7 Å². The van der Waals surface area contributed by atoms with Crippen LogP contribution in [0.15, 0.2) is 40.9 Å². The lowest BCUT2D eigenvalue weighted by Gasteiger charge is -2.26. The number of rotatable bonds is 7. The van der Waals surface area contributed by atoms with Crippen LogP contribution >= 0.6 is 15.9 Å². The van der Waals surface area contributed by atoms with Crippen LogP contribution in [0.4, 0.5) is 11.4 Å². The molecule has 0 bridgehead atoms. The highest BCUT2D eigenvalue weighted by Gasteiger charge is 2.26. The highest BCUT2D eigenvalue weighted by molar-refractivity contribution is 9.10. The van der Waals surface area contributed by atoms with Gasteiger partial charge in [0.2, 0.25) is 0 Å². The third-order valence-electron chi connectivity index (χ3n) is 5.96.